The fourth-order valence-electron chi connectivity index (χ4n) is 2.46. The monoisotopic (exact) mass is 329 g/mol. The standard InChI is InChI=1S/C13H15N3O3S.ClH/c17-13(18)10-3-1-2-5-16(10)7-11-14-12(15-19-11)9-4-6-20-8-9;/h4,6,8,10H,1-3,5,7H2,(H,17,18);1H. The van der Waals surface area contributed by atoms with Gasteiger partial charge in [-0.25, -0.2) is 0 Å². The number of likely N-dealkylation sites (tertiary alicyclic amines) is 1. The van der Waals surface area contributed by atoms with Crippen molar-refractivity contribution in [1.29, 1.82) is 0 Å². The molecule has 2 aromatic heterocycles. The second-order valence-corrected chi connectivity index (χ2v) is 5.62. The average Bonchev–Trinajstić information content (AvgIpc) is 3.09. The molecule has 3 heterocycles. The molecule has 6 nitrogen and oxygen atoms in total. The summed E-state index contributed by atoms with van der Waals surface area (Å²) >= 11 is 1.57. The van der Waals surface area contributed by atoms with E-state index < -0.39 is 12.0 Å². The third-order valence-corrected chi connectivity index (χ3v) is 4.17. The van der Waals surface area contributed by atoms with Crippen LogP contribution in [0.25, 0.3) is 11.4 Å². The Morgan fingerprint density at radius 3 is 3.10 bits per heavy atom. The van der Waals surface area contributed by atoms with Crippen LogP contribution < -0.4 is 0 Å². The molecule has 2 aromatic rings. The van der Waals surface area contributed by atoms with Crippen molar-refractivity contribution in [1.82, 2.24) is 15.0 Å². The summed E-state index contributed by atoms with van der Waals surface area (Å²) in [5.41, 5.74) is 0.929. The van der Waals surface area contributed by atoms with Gasteiger partial charge in [0.1, 0.15) is 6.04 Å². The Hall–Kier alpha value is -1.44. The summed E-state index contributed by atoms with van der Waals surface area (Å²) in [5, 5.41) is 17.1. The molecule has 0 radical (unpaired) electrons. The highest BCUT2D eigenvalue weighted by Gasteiger charge is 2.29. The van der Waals surface area contributed by atoms with Crippen LogP contribution in [0.5, 0.6) is 0 Å². The molecular formula is C13H16ClN3O3S. The summed E-state index contributed by atoms with van der Waals surface area (Å²) in [6.07, 6.45) is 2.65. The van der Waals surface area contributed by atoms with Crippen LogP contribution in [0.15, 0.2) is 21.3 Å². The number of hydrogen-bond donors (Lipinski definition) is 1. The van der Waals surface area contributed by atoms with Gasteiger partial charge in [-0.2, -0.15) is 16.3 Å². The minimum Gasteiger partial charge on any atom is -0.480 e. The Bertz CT molecular complexity index is 587. The number of aliphatic carboxylic acids is 1. The van der Waals surface area contributed by atoms with Crippen LogP contribution >= 0.6 is 23.7 Å². The average molecular weight is 330 g/mol. The summed E-state index contributed by atoms with van der Waals surface area (Å²) in [6.45, 7) is 1.15. The number of aromatic nitrogens is 2. The predicted molar refractivity (Wildman–Crippen MR) is 80.5 cm³/mol. The SMILES string of the molecule is Cl.O=C(O)C1CCCCN1Cc1nc(-c2ccsc2)no1. The molecule has 0 aromatic carbocycles. The molecule has 0 spiro atoms. The number of carboxylic acid groups (broad SMARTS) is 1. The van der Waals surface area contributed by atoms with E-state index in [4.69, 9.17) is 4.52 Å². The van der Waals surface area contributed by atoms with Crippen molar-refractivity contribution in [3.8, 4) is 11.4 Å². The maximum Gasteiger partial charge on any atom is 0.320 e. The highest BCUT2D eigenvalue weighted by atomic mass is 35.5. The van der Waals surface area contributed by atoms with Crippen molar-refractivity contribution in [3.63, 3.8) is 0 Å². The molecule has 1 fully saturated rings. The number of halogens is 1. The second kappa shape index (κ2) is 7.02. The first-order valence-corrected chi connectivity index (χ1v) is 7.50. The third-order valence-electron chi connectivity index (χ3n) is 3.48. The number of thiophene rings is 1. The third kappa shape index (κ3) is 3.61. The van der Waals surface area contributed by atoms with E-state index in [0.29, 0.717) is 24.7 Å². The molecule has 0 amide bonds. The smallest absolute Gasteiger partial charge is 0.320 e. The van der Waals surface area contributed by atoms with Gasteiger partial charge in [-0.3, -0.25) is 9.69 Å². The summed E-state index contributed by atoms with van der Waals surface area (Å²) in [6, 6.07) is 1.49. The molecule has 8 heteroatoms. The van der Waals surface area contributed by atoms with Gasteiger partial charge in [-0.1, -0.05) is 11.6 Å². The largest absolute Gasteiger partial charge is 0.480 e. The molecule has 1 atom stereocenters. The maximum atomic E-state index is 11.2. The Labute approximate surface area is 132 Å². The van der Waals surface area contributed by atoms with E-state index in [0.717, 1.165) is 24.9 Å². The highest BCUT2D eigenvalue weighted by molar-refractivity contribution is 7.08. The van der Waals surface area contributed by atoms with Crippen molar-refractivity contribution >= 4 is 29.7 Å². The van der Waals surface area contributed by atoms with Gasteiger partial charge in [0.15, 0.2) is 0 Å². The zero-order valence-electron chi connectivity index (χ0n) is 11.3. The Morgan fingerprint density at radius 2 is 2.38 bits per heavy atom. The molecule has 21 heavy (non-hydrogen) atoms. The van der Waals surface area contributed by atoms with E-state index in [-0.39, 0.29) is 12.4 Å². The lowest BCUT2D eigenvalue weighted by Crippen LogP contribution is -2.44. The van der Waals surface area contributed by atoms with Gasteiger partial charge in [-0.15, -0.1) is 12.4 Å². The van der Waals surface area contributed by atoms with Crippen molar-refractivity contribution in [2.24, 2.45) is 0 Å². The zero-order chi connectivity index (χ0) is 13.9. The molecule has 1 unspecified atom stereocenters. The van der Waals surface area contributed by atoms with Crippen molar-refractivity contribution in [2.75, 3.05) is 6.54 Å². The number of nitrogens with zero attached hydrogens (tertiary/aromatic N) is 3. The normalized spacial score (nSPS) is 19.1. The van der Waals surface area contributed by atoms with Gasteiger partial charge in [0.25, 0.3) is 0 Å². The minimum atomic E-state index is -0.776. The molecule has 114 valence electrons. The Balaban J connectivity index is 0.00000161. The van der Waals surface area contributed by atoms with E-state index >= 15 is 0 Å². The molecule has 1 aliphatic rings. The van der Waals surface area contributed by atoms with Crippen LogP contribution in [0, 0.1) is 0 Å². The topological polar surface area (TPSA) is 79.5 Å². The predicted octanol–water partition coefficient (Wildman–Crippen LogP) is 2.66. The summed E-state index contributed by atoms with van der Waals surface area (Å²) in [7, 11) is 0. The van der Waals surface area contributed by atoms with Crippen molar-refractivity contribution in [2.45, 2.75) is 31.8 Å². The molecule has 1 saturated heterocycles. The minimum absolute atomic E-state index is 0. The van der Waals surface area contributed by atoms with Crippen LogP contribution in [0.4, 0.5) is 0 Å². The highest BCUT2D eigenvalue weighted by Crippen LogP contribution is 2.22. The van der Waals surface area contributed by atoms with E-state index in [1.807, 2.05) is 21.7 Å². The number of carbonyl (C=O) groups is 1. The molecule has 1 aliphatic heterocycles. The quantitative estimate of drug-likeness (QED) is 0.929. The Kier molecular flexibility index (Phi) is 5.33. The fourth-order valence-corrected chi connectivity index (χ4v) is 3.10. The zero-order valence-corrected chi connectivity index (χ0v) is 12.9. The van der Waals surface area contributed by atoms with Crippen LogP contribution in [0.3, 0.4) is 0 Å². The van der Waals surface area contributed by atoms with Crippen molar-refractivity contribution < 1.29 is 14.4 Å². The maximum absolute atomic E-state index is 11.2. The molecule has 1 N–H and O–H groups in total. The Morgan fingerprint density at radius 1 is 1.52 bits per heavy atom. The summed E-state index contributed by atoms with van der Waals surface area (Å²) < 4.78 is 5.23. The molecule has 0 bridgehead atoms. The molecule has 0 aliphatic carbocycles. The number of hydrogen-bond acceptors (Lipinski definition) is 6. The number of rotatable bonds is 4. The van der Waals surface area contributed by atoms with Gasteiger partial charge in [-0.05, 0) is 30.8 Å². The van der Waals surface area contributed by atoms with Gasteiger partial charge < -0.3 is 9.63 Å². The van der Waals surface area contributed by atoms with Gasteiger partial charge >= 0.3 is 5.97 Å². The van der Waals surface area contributed by atoms with Crippen LogP contribution in [0.1, 0.15) is 25.2 Å². The van der Waals surface area contributed by atoms with E-state index in [2.05, 4.69) is 10.1 Å². The lowest BCUT2D eigenvalue weighted by molar-refractivity contribution is -0.145. The van der Waals surface area contributed by atoms with Gasteiger partial charge in [0, 0.05) is 10.9 Å². The second-order valence-electron chi connectivity index (χ2n) is 4.84. The molecule has 3 rings (SSSR count). The van der Waals surface area contributed by atoms with Crippen LogP contribution in [-0.2, 0) is 11.3 Å². The first-order valence-electron chi connectivity index (χ1n) is 6.56. The summed E-state index contributed by atoms with van der Waals surface area (Å²) in [5.74, 6) is 0.256. The van der Waals surface area contributed by atoms with E-state index in [9.17, 15) is 9.90 Å². The first kappa shape index (κ1) is 15.9. The first-order chi connectivity index (χ1) is 9.74. The number of piperidine rings is 1. The molecule has 0 saturated carbocycles. The fraction of sp³-hybridized carbons (Fsp3) is 0.462. The van der Waals surface area contributed by atoms with Gasteiger partial charge in [0.05, 0.1) is 6.54 Å². The summed E-state index contributed by atoms with van der Waals surface area (Å²) in [4.78, 5) is 17.5. The molecular weight excluding hydrogens is 314 g/mol. The van der Waals surface area contributed by atoms with Crippen LogP contribution in [-0.4, -0.2) is 38.7 Å². The lowest BCUT2D eigenvalue weighted by Gasteiger charge is -2.31. The van der Waals surface area contributed by atoms with E-state index in [1.54, 1.807) is 11.3 Å². The number of carboxylic acids is 1. The van der Waals surface area contributed by atoms with Gasteiger partial charge in [0.2, 0.25) is 11.7 Å². The lowest BCUT2D eigenvalue weighted by atomic mass is 10.0. The van der Waals surface area contributed by atoms with Crippen molar-refractivity contribution in [3.05, 3.63) is 22.7 Å². The van der Waals surface area contributed by atoms with E-state index in [1.165, 1.54) is 0 Å². The van der Waals surface area contributed by atoms with Crippen LogP contribution in [0.2, 0.25) is 0 Å².